The molecule has 1 aliphatic heterocycles. The highest BCUT2D eigenvalue weighted by atomic mass is 32.1. The van der Waals surface area contributed by atoms with Crippen LogP contribution in [0.5, 0.6) is 17.2 Å². The van der Waals surface area contributed by atoms with Crippen LogP contribution >= 0.6 is 12.2 Å². The smallest absolute Gasteiger partial charge is 0.203 e. The first kappa shape index (κ1) is 18.4. The average molecular weight is 375 g/mol. The van der Waals surface area contributed by atoms with E-state index < -0.39 is 0 Å². The second kappa shape index (κ2) is 7.86. The monoisotopic (exact) mass is 375 g/mol. The summed E-state index contributed by atoms with van der Waals surface area (Å²) in [6.07, 6.45) is 2.11. The molecule has 1 atom stereocenters. The molecule has 0 radical (unpaired) electrons. The van der Waals surface area contributed by atoms with Crippen molar-refractivity contribution in [3.05, 3.63) is 41.7 Å². The molecular weight excluding hydrogens is 350 g/mol. The lowest BCUT2D eigenvalue weighted by Crippen LogP contribution is -2.47. The minimum Gasteiger partial charge on any atom is -0.493 e. The Morgan fingerprint density at radius 2 is 1.85 bits per heavy atom. The lowest BCUT2D eigenvalue weighted by Gasteiger charge is -2.39. The van der Waals surface area contributed by atoms with Crippen molar-refractivity contribution in [2.24, 2.45) is 0 Å². The molecule has 1 N–H and O–H groups in total. The Bertz CT molecular complexity index is 765. The van der Waals surface area contributed by atoms with Gasteiger partial charge in [-0.1, -0.05) is 0 Å². The van der Waals surface area contributed by atoms with E-state index in [2.05, 4.69) is 33.1 Å². The van der Waals surface area contributed by atoms with Crippen LogP contribution in [-0.2, 0) is 6.54 Å². The maximum Gasteiger partial charge on any atom is 0.203 e. The van der Waals surface area contributed by atoms with Gasteiger partial charge in [0.1, 0.15) is 0 Å². The number of thiocarbonyl (C=S) groups is 1. The van der Waals surface area contributed by atoms with Crippen molar-refractivity contribution in [3.63, 3.8) is 0 Å². The molecule has 2 aromatic rings. The fourth-order valence-corrected chi connectivity index (χ4v) is 3.81. The molecule has 0 bridgehead atoms. The number of fused-ring (bicyclic) bond motifs is 1. The van der Waals surface area contributed by atoms with Gasteiger partial charge in [-0.25, -0.2) is 0 Å². The van der Waals surface area contributed by atoms with Crippen molar-refractivity contribution in [1.82, 2.24) is 14.8 Å². The molecule has 0 saturated heterocycles. The van der Waals surface area contributed by atoms with Crippen LogP contribution in [0, 0.1) is 0 Å². The fraction of sp³-hybridized carbons (Fsp3) is 0.421. The predicted molar refractivity (Wildman–Crippen MR) is 105 cm³/mol. The number of benzene rings is 1. The average Bonchev–Trinajstić information content (AvgIpc) is 3.14. The van der Waals surface area contributed by atoms with E-state index in [0.717, 1.165) is 30.3 Å². The Kier molecular flexibility index (Phi) is 5.56. The first-order valence-corrected chi connectivity index (χ1v) is 9.04. The molecule has 26 heavy (non-hydrogen) atoms. The van der Waals surface area contributed by atoms with Gasteiger partial charge < -0.3 is 29.0 Å². The summed E-state index contributed by atoms with van der Waals surface area (Å²) in [5, 5.41) is 4.03. The molecule has 0 fully saturated rings. The summed E-state index contributed by atoms with van der Waals surface area (Å²) in [5.74, 6) is 1.87. The zero-order chi connectivity index (χ0) is 18.7. The highest BCUT2D eigenvalue weighted by molar-refractivity contribution is 7.80. The normalized spacial score (nSPS) is 16.0. The van der Waals surface area contributed by atoms with Gasteiger partial charge in [-0.2, -0.15) is 0 Å². The topological polar surface area (TPSA) is 47.9 Å². The Hall–Kier alpha value is -2.41. The van der Waals surface area contributed by atoms with Gasteiger partial charge in [0.15, 0.2) is 16.6 Å². The largest absolute Gasteiger partial charge is 0.493 e. The number of nitrogens with one attached hydrogen (secondary N) is 1. The number of rotatable bonds is 5. The third kappa shape index (κ3) is 3.19. The van der Waals surface area contributed by atoms with Gasteiger partial charge in [-0.15, -0.1) is 0 Å². The molecular formula is C19H25N3O3S. The molecule has 0 spiro atoms. The van der Waals surface area contributed by atoms with Gasteiger partial charge >= 0.3 is 0 Å². The van der Waals surface area contributed by atoms with Crippen molar-refractivity contribution >= 4 is 17.3 Å². The summed E-state index contributed by atoms with van der Waals surface area (Å²) in [7, 11) is 4.87. The molecule has 0 unspecified atom stereocenters. The zero-order valence-electron chi connectivity index (χ0n) is 15.6. The SMILES string of the molecule is CCNC(=S)N1CCn2cccc2[C@@H]1c1cc(OC)c(OC)c(OC)c1. The van der Waals surface area contributed by atoms with Crippen molar-refractivity contribution in [2.45, 2.75) is 19.5 Å². The lowest BCUT2D eigenvalue weighted by atomic mass is 9.99. The third-order valence-electron chi connectivity index (χ3n) is 4.63. The van der Waals surface area contributed by atoms with Crippen LogP contribution in [0.2, 0.25) is 0 Å². The molecule has 2 heterocycles. The second-order valence-electron chi connectivity index (χ2n) is 6.02. The van der Waals surface area contributed by atoms with E-state index in [1.165, 1.54) is 5.69 Å². The molecule has 3 rings (SSSR count). The Morgan fingerprint density at radius 3 is 2.42 bits per heavy atom. The summed E-state index contributed by atoms with van der Waals surface area (Å²) >= 11 is 5.64. The van der Waals surface area contributed by atoms with Crippen LogP contribution in [0.3, 0.4) is 0 Å². The Balaban J connectivity index is 2.13. The summed E-state index contributed by atoms with van der Waals surface area (Å²) < 4.78 is 18.8. The molecule has 6 nitrogen and oxygen atoms in total. The van der Waals surface area contributed by atoms with Crippen LogP contribution in [0.4, 0.5) is 0 Å². The standard InChI is InChI=1S/C19H25N3O3S/c1-5-20-19(26)22-10-9-21-8-6-7-14(21)17(22)13-11-15(23-2)18(25-4)16(12-13)24-3/h6-8,11-12,17H,5,9-10H2,1-4H3,(H,20,26)/t17-/m0/s1. The molecule has 0 saturated carbocycles. The fourth-order valence-electron chi connectivity index (χ4n) is 3.46. The van der Waals surface area contributed by atoms with Crippen molar-refractivity contribution in [2.75, 3.05) is 34.4 Å². The number of aromatic nitrogens is 1. The summed E-state index contributed by atoms with van der Waals surface area (Å²) in [6, 6.07) is 8.17. The molecule has 1 aliphatic rings. The number of hydrogen-bond donors (Lipinski definition) is 1. The lowest BCUT2D eigenvalue weighted by molar-refractivity contribution is 0.282. The van der Waals surface area contributed by atoms with Crippen molar-refractivity contribution < 1.29 is 14.2 Å². The second-order valence-corrected chi connectivity index (χ2v) is 6.40. The predicted octanol–water partition coefficient (Wildman–Crippen LogP) is 2.81. The van der Waals surface area contributed by atoms with E-state index >= 15 is 0 Å². The van der Waals surface area contributed by atoms with Crippen LogP contribution < -0.4 is 19.5 Å². The maximum absolute atomic E-state index is 5.64. The molecule has 0 aliphatic carbocycles. The Morgan fingerprint density at radius 1 is 1.15 bits per heavy atom. The van der Waals surface area contributed by atoms with Crippen molar-refractivity contribution in [1.29, 1.82) is 0 Å². The quantitative estimate of drug-likeness (QED) is 0.811. The molecule has 7 heteroatoms. The molecule has 0 amide bonds. The van der Waals surface area contributed by atoms with Gasteiger partial charge in [0.2, 0.25) is 5.75 Å². The zero-order valence-corrected chi connectivity index (χ0v) is 16.4. The van der Waals surface area contributed by atoms with Crippen molar-refractivity contribution in [3.8, 4) is 17.2 Å². The van der Waals surface area contributed by atoms with Gasteiger partial charge in [0, 0.05) is 31.5 Å². The number of hydrogen-bond acceptors (Lipinski definition) is 4. The van der Waals surface area contributed by atoms with Crippen LogP contribution in [0.1, 0.15) is 24.2 Å². The highest BCUT2D eigenvalue weighted by Crippen LogP contribution is 2.43. The van der Waals surface area contributed by atoms with Crippen LogP contribution in [0.15, 0.2) is 30.5 Å². The van der Waals surface area contributed by atoms with Crippen LogP contribution in [-0.4, -0.2) is 49.0 Å². The molecule has 1 aromatic heterocycles. The minimum absolute atomic E-state index is 0.0287. The van der Waals surface area contributed by atoms with Gasteiger partial charge in [0.05, 0.1) is 27.4 Å². The summed E-state index contributed by atoms with van der Waals surface area (Å²) in [4.78, 5) is 2.22. The third-order valence-corrected chi connectivity index (χ3v) is 5.01. The van der Waals surface area contributed by atoms with Gasteiger partial charge in [-0.3, -0.25) is 0 Å². The van der Waals surface area contributed by atoms with E-state index in [0.29, 0.717) is 17.2 Å². The molecule has 1 aromatic carbocycles. The number of ether oxygens (including phenoxy) is 3. The van der Waals surface area contributed by atoms with Crippen LogP contribution in [0.25, 0.3) is 0 Å². The van der Waals surface area contributed by atoms with E-state index in [-0.39, 0.29) is 6.04 Å². The van der Waals surface area contributed by atoms with E-state index in [4.69, 9.17) is 26.4 Å². The van der Waals surface area contributed by atoms with Gasteiger partial charge in [0.25, 0.3) is 0 Å². The number of methoxy groups -OCH3 is 3. The van der Waals surface area contributed by atoms with Gasteiger partial charge in [-0.05, 0) is 49.0 Å². The minimum atomic E-state index is -0.0287. The maximum atomic E-state index is 5.64. The first-order chi connectivity index (χ1) is 12.6. The van der Waals surface area contributed by atoms with E-state index in [9.17, 15) is 0 Å². The first-order valence-electron chi connectivity index (χ1n) is 8.64. The Labute approximate surface area is 159 Å². The van der Waals surface area contributed by atoms with E-state index in [1.807, 2.05) is 19.1 Å². The number of nitrogens with zero attached hydrogens (tertiary/aromatic N) is 2. The molecule has 140 valence electrons. The highest BCUT2D eigenvalue weighted by Gasteiger charge is 2.32. The van der Waals surface area contributed by atoms with E-state index in [1.54, 1.807) is 21.3 Å². The summed E-state index contributed by atoms with van der Waals surface area (Å²) in [6.45, 7) is 4.56. The summed E-state index contributed by atoms with van der Waals surface area (Å²) in [5.41, 5.74) is 2.23.